The van der Waals surface area contributed by atoms with E-state index in [9.17, 15) is 27.6 Å². The summed E-state index contributed by atoms with van der Waals surface area (Å²) in [5.74, 6) is -1.75. The second kappa shape index (κ2) is 8.10. The number of esters is 1. The summed E-state index contributed by atoms with van der Waals surface area (Å²) in [6.45, 7) is 2.67. The van der Waals surface area contributed by atoms with Gasteiger partial charge >= 0.3 is 12.1 Å². The van der Waals surface area contributed by atoms with E-state index in [-0.39, 0.29) is 33.6 Å². The highest BCUT2D eigenvalue weighted by molar-refractivity contribution is 6.04. The van der Waals surface area contributed by atoms with Gasteiger partial charge in [0.25, 0.3) is 5.56 Å². The molecule has 0 aliphatic carbocycles. The number of Topliss-reactive ketones (excluding diaryl/α,β-unsaturated/α-hetero) is 1. The van der Waals surface area contributed by atoms with E-state index in [0.717, 1.165) is 16.8 Å². The molecular weight excluding hydrogens is 401 g/mol. The fourth-order valence-electron chi connectivity index (χ4n) is 2.86. The van der Waals surface area contributed by atoms with Crippen molar-refractivity contribution >= 4 is 22.5 Å². The van der Waals surface area contributed by atoms with E-state index in [1.54, 1.807) is 32.0 Å². The number of ether oxygens (including phenoxy) is 1. The van der Waals surface area contributed by atoms with Crippen molar-refractivity contribution in [2.24, 2.45) is 0 Å². The van der Waals surface area contributed by atoms with Gasteiger partial charge in [0, 0.05) is 10.9 Å². The fraction of sp³-hybridized carbons (Fsp3) is 0.238. The van der Waals surface area contributed by atoms with Crippen LogP contribution in [0.1, 0.15) is 46.3 Å². The summed E-state index contributed by atoms with van der Waals surface area (Å²) >= 11 is 0. The van der Waals surface area contributed by atoms with Gasteiger partial charge in [-0.1, -0.05) is 30.3 Å². The minimum atomic E-state index is -4.60. The van der Waals surface area contributed by atoms with E-state index in [4.69, 9.17) is 4.74 Å². The molecule has 0 bridgehead atoms. The Balaban J connectivity index is 1.87. The lowest BCUT2D eigenvalue weighted by molar-refractivity contribution is -0.137. The van der Waals surface area contributed by atoms with Crippen LogP contribution in [0.4, 0.5) is 13.2 Å². The van der Waals surface area contributed by atoms with Gasteiger partial charge in [-0.2, -0.15) is 18.3 Å². The van der Waals surface area contributed by atoms with Crippen molar-refractivity contribution in [3.63, 3.8) is 0 Å². The summed E-state index contributed by atoms with van der Waals surface area (Å²) in [6.07, 6.45) is -4.60. The molecule has 1 aromatic heterocycles. The molecule has 0 aliphatic heterocycles. The van der Waals surface area contributed by atoms with Crippen molar-refractivity contribution in [3.8, 4) is 0 Å². The largest absolute Gasteiger partial charge is 0.452 e. The van der Waals surface area contributed by atoms with Crippen LogP contribution in [0.3, 0.4) is 0 Å². The van der Waals surface area contributed by atoms with Crippen molar-refractivity contribution in [2.45, 2.75) is 26.1 Å². The predicted octanol–water partition coefficient (Wildman–Crippen LogP) is 4.04. The minimum Gasteiger partial charge on any atom is -0.452 e. The lowest BCUT2D eigenvalue weighted by Gasteiger charge is -2.13. The summed E-state index contributed by atoms with van der Waals surface area (Å²) in [4.78, 5) is 37.3. The van der Waals surface area contributed by atoms with Gasteiger partial charge in [-0.25, -0.2) is 9.48 Å². The number of rotatable bonds is 5. The quantitative estimate of drug-likeness (QED) is 0.462. The van der Waals surface area contributed by atoms with Crippen LogP contribution >= 0.6 is 0 Å². The molecule has 6 nitrogen and oxygen atoms in total. The third-order valence-corrected chi connectivity index (χ3v) is 4.36. The Hall–Kier alpha value is -3.49. The Morgan fingerprint density at radius 1 is 1.07 bits per heavy atom. The highest BCUT2D eigenvalue weighted by Gasteiger charge is 2.31. The molecule has 0 fully saturated rings. The molecule has 0 aliphatic rings. The zero-order valence-electron chi connectivity index (χ0n) is 16.1. The van der Waals surface area contributed by atoms with Crippen molar-refractivity contribution < 1.29 is 27.5 Å². The van der Waals surface area contributed by atoms with E-state index in [0.29, 0.717) is 6.07 Å². The van der Waals surface area contributed by atoms with Gasteiger partial charge in [0.05, 0.1) is 17.0 Å². The Kier molecular flexibility index (Phi) is 5.73. The van der Waals surface area contributed by atoms with Crippen molar-refractivity contribution in [1.82, 2.24) is 9.78 Å². The second-order valence-corrected chi connectivity index (χ2v) is 6.82. The van der Waals surface area contributed by atoms with Gasteiger partial charge in [0.1, 0.15) is 0 Å². The molecule has 0 unspecified atom stereocenters. The first-order valence-electron chi connectivity index (χ1n) is 8.98. The van der Waals surface area contributed by atoms with Crippen LogP contribution in [0.25, 0.3) is 10.8 Å². The van der Waals surface area contributed by atoms with E-state index in [2.05, 4.69) is 5.10 Å². The fourth-order valence-corrected chi connectivity index (χ4v) is 2.86. The number of fused-ring (bicyclic) bond motifs is 1. The summed E-state index contributed by atoms with van der Waals surface area (Å²) in [5, 5.41) is 4.59. The molecule has 0 amide bonds. The first-order valence-corrected chi connectivity index (χ1v) is 8.98. The lowest BCUT2D eigenvalue weighted by Crippen LogP contribution is -2.28. The van der Waals surface area contributed by atoms with Gasteiger partial charge in [0.2, 0.25) is 0 Å². The van der Waals surface area contributed by atoms with Crippen LogP contribution in [0.2, 0.25) is 0 Å². The first-order chi connectivity index (χ1) is 14.1. The van der Waals surface area contributed by atoms with Crippen LogP contribution in [-0.4, -0.2) is 28.1 Å². The van der Waals surface area contributed by atoms with Gasteiger partial charge in [-0.05, 0) is 32.0 Å². The molecule has 30 heavy (non-hydrogen) atoms. The number of hydrogen-bond donors (Lipinski definition) is 0. The average molecular weight is 418 g/mol. The summed E-state index contributed by atoms with van der Waals surface area (Å²) in [7, 11) is 0. The Labute approximate surface area is 168 Å². The van der Waals surface area contributed by atoms with E-state index in [1.165, 1.54) is 12.1 Å². The topological polar surface area (TPSA) is 78.3 Å². The summed E-state index contributed by atoms with van der Waals surface area (Å²) in [5.41, 5.74) is -1.74. The zero-order chi connectivity index (χ0) is 22.1. The smallest absolute Gasteiger partial charge is 0.416 e. The molecule has 2 aromatic carbocycles. The third kappa shape index (κ3) is 4.24. The molecular formula is C21H17F3N2O4. The molecule has 0 radical (unpaired) electrons. The van der Waals surface area contributed by atoms with E-state index < -0.39 is 30.1 Å². The van der Waals surface area contributed by atoms with Crippen molar-refractivity contribution in [2.75, 3.05) is 6.61 Å². The molecule has 3 rings (SSSR count). The van der Waals surface area contributed by atoms with Gasteiger partial charge < -0.3 is 4.74 Å². The van der Waals surface area contributed by atoms with Gasteiger partial charge in [-0.3, -0.25) is 9.59 Å². The zero-order valence-corrected chi connectivity index (χ0v) is 16.1. The molecule has 0 N–H and O–H groups in total. The number of carbonyl (C=O) groups is 2. The SMILES string of the molecule is CC(C)n1nc(C(=O)OCC(=O)c2cccc(C(F)(F)F)c2)c2ccccc2c1=O. The molecule has 9 heteroatoms. The maximum absolute atomic E-state index is 12.8. The first kappa shape index (κ1) is 21.2. The van der Waals surface area contributed by atoms with Crippen LogP contribution in [0, 0.1) is 0 Å². The van der Waals surface area contributed by atoms with Gasteiger partial charge in [-0.15, -0.1) is 0 Å². The highest BCUT2D eigenvalue weighted by atomic mass is 19.4. The highest BCUT2D eigenvalue weighted by Crippen LogP contribution is 2.29. The second-order valence-electron chi connectivity index (χ2n) is 6.82. The average Bonchev–Trinajstić information content (AvgIpc) is 2.71. The van der Waals surface area contributed by atoms with Crippen molar-refractivity contribution in [3.05, 3.63) is 75.7 Å². The maximum Gasteiger partial charge on any atom is 0.416 e. The molecule has 1 heterocycles. The van der Waals surface area contributed by atoms with E-state index in [1.807, 2.05) is 0 Å². The minimum absolute atomic E-state index is 0.157. The third-order valence-electron chi connectivity index (χ3n) is 4.36. The summed E-state index contributed by atoms with van der Waals surface area (Å²) < 4.78 is 44.6. The number of aromatic nitrogens is 2. The molecule has 0 atom stereocenters. The number of hydrogen-bond acceptors (Lipinski definition) is 5. The predicted molar refractivity (Wildman–Crippen MR) is 102 cm³/mol. The van der Waals surface area contributed by atoms with Crippen LogP contribution in [0.15, 0.2) is 53.3 Å². The molecule has 0 saturated heterocycles. The number of alkyl halides is 3. The van der Waals surface area contributed by atoms with Crippen LogP contribution in [-0.2, 0) is 10.9 Å². The van der Waals surface area contributed by atoms with Gasteiger partial charge in [0.15, 0.2) is 18.1 Å². The van der Waals surface area contributed by atoms with E-state index >= 15 is 0 Å². The number of benzene rings is 2. The van der Waals surface area contributed by atoms with Crippen LogP contribution in [0.5, 0.6) is 0 Å². The standard InChI is InChI=1S/C21H17F3N2O4/c1-12(2)26-19(28)16-9-4-3-8-15(16)18(25-26)20(29)30-11-17(27)13-6-5-7-14(10-13)21(22,23)24/h3-10,12H,11H2,1-2H3. The summed E-state index contributed by atoms with van der Waals surface area (Å²) in [6, 6.07) is 9.84. The molecule has 3 aromatic rings. The monoisotopic (exact) mass is 418 g/mol. The molecule has 0 saturated carbocycles. The maximum atomic E-state index is 12.8. The Morgan fingerprint density at radius 3 is 2.37 bits per heavy atom. The van der Waals surface area contributed by atoms with Crippen molar-refractivity contribution in [1.29, 1.82) is 0 Å². The molecule has 0 spiro atoms. The number of carbonyl (C=O) groups excluding carboxylic acids is 2. The molecule has 156 valence electrons. The normalized spacial score (nSPS) is 11.7. The lowest BCUT2D eigenvalue weighted by atomic mass is 10.1. The number of halogens is 3. The Bertz CT molecular complexity index is 1180. The number of ketones is 1. The van der Waals surface area contributed by atoms with Crippen LogP contribution < -0.4 is 5.56 Å². The Morgan fingerprint density at radius 2 is 1.73 bits per heavy atom. The number of nitrogens with zero attached hydrogens (tertiary/aromatic N) is 2.